The summed E-state index contributed by atoms with van der Waals surface area (Å²) in [6, 6.07) is 8.77. The lowest BCUT2D eigenvalue weighted by Crippen LogP contribution is -2.34. The molecule has 3 N–H and O–H groups in total. The van der Waals surface area contributed by atoms with Crippen LogP contribution in [0.4, 0.5) is 0 Å². The molecule has 170 valence electrons. The third-order valence-corrected chi connectivity index (χ3v) is 9.27. The SMILES string of the molecule is CCCCNC1CCCN(S(=O)(=O)c2ccc(Cc3cc(Cl)ccc3C(N)=O)s2)CC1. The summed E-state index contributed by atoms with van der Waals surface area (Å²) >= 11 is 7.32. The van der Waals surface area contributed by atoms with Crippen LogP contribution in [0.25, 0.3) is 0 Å². The van der Waals surface area contributed by atoms with Gasteiger partial charge in [-0.05, 0) is 68.1 Å². The van der Waals surface area contributed by atoms with Crippen molar-refractivity contribution in [2.24, 2.45) is 5.73 Å². The van der Waals surface area contributed by atoms with Crippen LogP contribution in [0, 0.1) is 0 Å². The molecule has 3 rings (SSSR count). The molecule has 1 aromatic carbocycles. The predicted molar refractivity (Wildman–Crippen MR) is 126 cm³/mol. The van der Waals surface area contributed by atoms with Gasteiger partial charge in [-0.15, -0.1) is 11.3 Å². The van der Waals surface area contributed by atoms with Gasteiger partial charge < -0.3 is 11.1 Å². The zero-order chi connectivity index (χ0) is 22.4. The Morgan fingerprint density at radius 3 is 2.81 bits per heavy atom. The van der Waals surface area contributed by atoms with E-state index in [9.17, 15) is 13.2 Å². The topological polar surface area (TPSA) is 92.5 Å². The number of carbonyl (C=O) groups excluding carboxylic acids is 1. The molecular weight excluding hydrogens is 454 g/mol. The number of halogens is 1. The molecule has 1 unspecified atom stereocenters. The first-order valence-corrected chi connectivity index (χ1v) is 13.3. The third kappa shape index (κ3) is 6.29. The molecule has 1 amide bonds. The summed E-state index contributed by atoms with van der Waals surface area (Å²) in [4.78, 5) is 12.6. The van der Waals surface area contributed by atoms with Gasteiger partial charge in [0.15, 0.2) is 0 Å². The van der Waals surface area contributed by atoms with Gasteiger partial charge in [0.25, 0.3) is 10.0 Å². The molecule has 31 heavy (non-hydrogen) atoms. The Hall–Kier alpha value is -1.45. The van der Waals surface area contributed by atoms with Crippen LogP contribution < -0.4 is 11.1 Å². The van der Waals surface area contributed by atoms with E-state index < -0.39 is 15.9 Å². The van der Waals surface area contributed by atoms with Crippen molar-refractivity contribution in [2.75, 3.05) is 19.6 Å². The number of carbonyl (C=O) groups is 1. The second-order valence-corrected chi connectivity index (χ2v) is 11.7. The van der Waals surface area contributed by atoms with E-state index in [2.05, 4.69) is 12.2 Å². The number of primary amides is 1. The molecule has 1 aromatic heterocycles. The normalized spacial score (nSPS) is 18.1. The number of nitrogens with two attached hydrogens (primary N) is 1. The van der Waals surface area contributed by atoms with E-state index in [1.165, 1.54) is 11.3 Å². The first-order valence-electron chi connectivity index (χ1n) is 10.7. The standard InChI is InChI=1S/C22H30ClN3O3S2/c1-2-3-11-25-18-5-4-12-26(13-10-18)31(28,29)21-9-7-19(30-21)15-16-14-17(23)6-8-20(16)22(24)27/h6-9,14,18,25H,2-5,10-13,15H2,1H3,(H2,24,27). The zero-order valence-corrected chi connectivity index (χ0v) is 20.2. The fourth-order valence-electron chi connectivity index (χ4n) is 3.85. The average Bonchev–Trinajstić information content (AvgIpc) is 3.06. The van der Waals surface area contributed by atoms with E-state index in [1.54, 1.807) is 34.6 Å². The Morgan fingerprint density at radius 2 is 2.06 bits per heavy atom. The molecule has 0 bridgehead atoms. The zero-order valence-electron chi connectivity index (χ0n) is 17.8. The number of sulfonamides is 1. The highest BCUT2D eigenvalue weighted by atomic mass is 35.5. The average molecular weight is 484 g/mol. The number of nitrogens with zero attached hydrogens (tertiary/aromatic N) is 1. The van der Waals surface area contributed by atoms with Crippen LogP contribution >= 0.6 is 22.9 Å². The molecule has 1 aliphatic rings. The summed E-state index contributed by atoms with van der Waals surface area (Å²) < 4.78 is 28.4. The van der Waals surface area contributed by atoms with Gasteiger partial charge in [0.1, 0.15) is 4.21 Å². The predicted octanol–water partition coefficient (Wildman–Crippen LogP) is 4.02. The minimum Gasteiger partial charge on any atom is -0.366 e. The molecular formula is C22H30ClN3O3S2. The second kappa shape index (κ2) is 10.9. The van der Waals surface area contributed by atoms with Crippen LogP contribution in [0.5, 0.6) is 0 Å². The number of benzene rings is 1. The smallest absolute Gasteiger partial charge is 0.252 e. The molecule has 1 saturated heterocycles. The first-order chi connectivity index (χ1) is 14.8. The van der Waals surface area contributed by atoms with E-state index in [0.29, 0.717) is 45.9 Å². The van der Waals surface area contributed by atoms with Crippen LogP contribution in [0.2, 0.25) is 5.02 Å². The molecule has 2 heterocycles. The van der Waals surface area contributed by atoms with Crippen LogP contribution in [0.15, 0.2) is 34.5 Å². The second-order valence-electron chi connectivity index (χ2n) is 7.90. The third-order valence-electron chi connectivity index (χ3n) is 5.58. The summed E-state index contributed by atoms with van der Waals surface area (Å²) in [6.45, 7) is 4.22. The van der Waals surface area contributed by atoms with E-state index in [-0.39, 0.29) is 0 Å². The quantitative estimate of drug-likeness (QED) is 0.527. The minimum absolute atomic E-state index is 0.336. The number of hydrogen-bond donors (Lipinski definition) is 2. The van der Waals surface area contributed by atoms with Gasteiger partial charge in [0.05, 0.1) is 0 Å². The van der Waals surface area contributed by atoms with E-state index in [0.717, 1.165) is 43.5 Å². The van der Waals surface area contributed by atoms with E-state index in [1.807, 2.05) is 0 Å². The summed E-state index contributed by atoms with van der Waals surface area (Å²) in [5.74, 6) is -0.525. The lowest BCUT2D eigenvalue weighted by molar-refractivity contribution is 0.0999. The summed E-state index contributed by atoms with van der Waals surface area (Å²) in [5.41, 5.74) is 6.56. The minimum atomic E-state index is -3.53. The number of amides is 1. The molecule has 0 radical (unpaired) electrons. The molecule has 0 aliphatic carbocycles. The molecule has 1 atom stereocenters. The number of thiophene rings is 1. The Morgan fingerprint density at radius 1 is 1.26 bits per heavy atom. The molecule has 0 saturated carbocycles. The highest BCUT2D eigenvalue weighted by Gasteiger charge is 2.29. The fraction of sp³-hybridized carbons (Fsp3) is 0.500. The fourth-order valence-corrected chi connectivity index (χ4v) is 7.07. The number of hydrogen-bond acceptors (Lipinski definition) is 5. The molecule has 2 aromatic rings. The van der Waals surface area contributed by atoms with Crippen molar-refractivity contribution in [1.82, 2.24) is 9.62 Å². The molecule has 0 spiro atoms. The van der Waals surface area contributed by atoms with Crippen molar-refractivity contribution in [2.45, 2.75) is 55.7 Å². The number of rotatable bonds is 9. The van der Waals surface area contributed by atoms with Gasteiger partial charge in [-0.2, -0.15) is 4.31 Å². The van der Waals surface area contributed by atoms with Crippen molar-refractivity contribution in [3.63, 3.8) is 0 Å². The van der Waals surface area contributed by atoms with Gasteiger partial charge in [0, 0.05) is 41.0 Å². The van der Waals surface area contributed by atoms with Crippen molar-refractivity contribution in [1.29, 1.82) is 0 Å². The summed E-state index contributed by atoms with van der Waals surface area (Å²) in [5, 5.41) is 4.07. The van der Waals surface area contributed by atoms with Crippen LogP contribution in [-0.4, -0.2) is 44.3 Å². The Kier molecular flexibility index (Phi) is 8.52. The highest BCUT2D eigenvalue weighted by molar-refractivity contribution is 7.91. The molecule has 9 heteroatoms. The van der Waals surface area contributed by atoms with Crippen molar-refractivity contribution in [3.05, 3.63) is 51.4 Å². The van der Waals surface area contributed by atoms with Gasteiger partial charge in [-0.1, -0.05) is 24.9 Å². The lowest BCUT2D eigenvalue weighted by Gasteiger charge is -2.19. The van der Waals surface area contributed by atoms with E-state index in [4.69, 9.17) is 17.3 Å². The van der Waals surface area contributed by atoms with Gasteiger partial charge in [-0.25, -0.2) is 8.42 Å². The summed E-state index contributed by atoms with van der Waals surface area (Å²) in [7, 11) is -3.53. The van der Waals surface area contributed by atoms with Crippen molar-refractivity contribution in [3.8, 4) is 0 Å². The maximum Gasteiger partial charge on any atom is 0.252 e. The van der Waals surface area contributed by atoms with Gasteiger partial charge in [-0.3, -0.25) is 4.79 Å². The summed E-state index contributed by atoms with van der Waals surface area (Å²) in [6.07, 6.45) is 5.37. The van der Waals surface area contributed by atoms with Crippen LogP contribution in [0.3, 0.4) is 0 Å². The maximum atomic E-state index is 13.2. The molecule has 1 fully saturated rings. The maximum absolute atomic E-state index is 13.2. The Balaban J connectivity index is 1.70. The largest absolute Gasteiger partial charge is 0.366 e. The van der Waals surface area contributed by atoms with Crippen LogP contribution in [0.1, 0.15) is 59.8 Å². The molecule has 1 aliphatic heterocycles. The molecule has 6 nitrogen and oxygen atoms in total. The Bertz CT molecular complexity index is 1010. The monoisotopic (exact) mass is 483 g/mol. The first kappa shape index (κ1) is 24.2. The lowest BCUT2D eigenvalue weighted by atomic mass is 10.0. The highest BCUT2D eigenvalue weighted by Crippen LogP contribution is 2.29. The number of unbranched alkanes of at least 4 members (excludes halogenated alkanes) is 1. The van der Waals surface area contributed by atoms with E-state index >= 15 is 0 Å². The van der Waals surface area contributed by atoms with Crippen molar-refractivity contribution >= 4 is 38.9 Å². The number of nitrogens with one attached hydrogen (secondary N) is 1. The van der Waals surface area contributed by atoms with Gasteiger partial charge in [0.2, 0.25) is 5.91 Å². The van der Waals surface area contributed by atoms with Crippen molar-refractivity contribution < 1.29 is 13.2 Å². The Labute approximate surface area is 193 Å². The van der Waals surface area contributed by atoms with Gasteiger partial charge >= 0.3 is 0 Å². The van der Waals surface area contributed by atoms with Crippen LogP contribution in [-0.2, 0) is 16.4 Å².